The predicted molar refractivity (Wildman–Crippen MR) is 55.3 cm³/mol. The molecular formula is C10H20F2N2O. The highest BCUT2D eigenvalue weighted by molar-refractivity contribution is 4.82. The molecule has 15 heavy (non-hydrogen) atoms. The van der Waals surface area contributed by atoms with Gasteiger partial charge in [0.05, 0.1) is 19.8 Å². The van der Waals surface area contributed by atoms with E-state index in [9.17, 15) is 8.78 Å². The van der Waals surface area contributed by atoms with Gasteiger partial charge in [0.1, 0.15) is 0 Å². The molecule has 0 amide bonds. The van der Waals surface area contributed by atoms with Gasteiger partial charge >= 0.3 is 0 Å². The molecule has 3 nitrogen and oxygen atoms in total. The molecule has 5 heteroatoms. The van der Waals surface area contributed by atoms with Crippen LogP contribution in [0.5, 0.6) is 0 Å². The van der Waals surface area contributed by atoms with Crippen molar-refractivity contribution in [2.24, 2.45) is 5.92 Å². The van der Waals surface area contributed by atoms with Crippen molar-refractivity contribution < 1.29 is 13.5 Å². The van der Waals surface area contributed by atoms with Crippen molar-refractivity contribution in [3.63, 3.8) is 0 Å². The molecule has 0 saturated carbocycles. The van der Waals surface area contributed by atoms with Crippen LogP contribution in [0.3, 0.4) is 0 Å². The quantitative estimate of drug-likeness (QED) is 0.719. The molecule has 0 radical (unpaired) electrons. The van der Waals surface area contributed by atoms with Crippen molar-refractivity contribution in [3.8, 4) is 0 Å². The topological polar surface area (TPSA) is 24.5 Å². The van der Waals surface area contributed by atoms with E-state index in [1.807, 2.05) is 6.92 Å². The molecule has 2 atom stereocenters. The number of halogens is 2. The monoisotopic (exact) mass is 222 g/mol. The van der Waals surface area contributed by atoms with E-state index in [1.54, 1.807) is 11.9 Å². The first-order chi connectivity index (χ1) is 7.13. The Kier molecular flexibility index (Phi) is 5.42. The highest BCUT2D eigenvalue weighted by Crippen LogP contribution is 2.15. The molecule has 0 bridgehead atoms. The molecule has 0 aliphatic carbocycles. The molecule has 0 aromatic rings. The van der Waals surface area contributed by atoms with Gasteiger partial charge in [-0.05, 0) is 13.6 Å². The average Bonchev–Trinajstić information content (AvgIpc) is 2.52. The van der Waals surface area contributed by atoms with Gasteiger partial charge in [0.15, 0.2) is 0 Å². The Bertz CT molecular complexity index is 181. The minimum absolute atomic E-state index is 0.157. The number of nitrogens with zero attached hydrogens (tertiary/aromatic N) is 1. The summed E-state index contributed by atoms with van der Waals surface area (Å²) in [5.41, 5.74) is 0. The minimum Gasteiger partial charge on any atom is -0.379 e. The molecule has 0 aromatic carbocycles. The van der Waals surface area contributed by atoms with E-state index in [1.165, 1.54) is 0 Å². The van der Waals surface area contributed by atoms with Gasteiger partial charge in [-0.3, -0.25) is 0 Å². The van der Waals surface area contributed by atoms with Gasteiger partial charge in [-0.15, -0.1) is 0 Å². The zero-order valence-electron chi connectivity index (χ0n) is 9.38. The standard InChI is InChI=1S/C10H20F2N2O/c1-3-13-9-7-15-6-8(9)4-14(2)5-10(11)12/h8-10,13H,3-7H2,1-2H3. The van der Waals surface area contributed by atoms with Crippen LogP contribution in [0.25, 0.3) is 0 Å². The van der Waals surface area contributed by atoms with Gasteiger partial charge in [0.2, 0.25) is 0 Å². The molecule has 1 saturated heterocycles. The van der Waals surface area contributed by atoms with Gasteiger partial charge < -0.3 is 15.0 Å². The van der Waals surface area contributed by atoms with E-state index >= 15 is 0 Å². The highest BCUT2D eigenvalue weighted by atomic mass is 19.3. The Morgan fingerprint density at radius 3 is 2.80 bits per heavy atom. The predicted octanol–water partition coefficient (Wildman–Crippen LogP) is 0.808. The van der Waals surface area contributed by atoms with Crippen LogP contribution < -0.4 is 5.32 Å². The summed E-state index contributed by atoms with van der Waals surface area (Å²) in [6.07, 6.45) is -2.25. The molecule has 0 aromatic heterocycles. The maximum absolute atomic E-state index is 12.1. The Hall–Kier alpha value is -0.260. The van der Waals surface area contributed by atoms with E-state index in [4.69, 9.17) is 4.74 Å². The Balaban J connectivity index is 2.29. The van der Waals surface area contributed by atoms with Crippen molar-refractivity contribution in [2.75, 3.05) is 39.9 Å². The summed E-state index contributed by atoms with van der Waals surface area (Å²) in [5, 5.41) is 3.31. The fourth-order valence-corrected chi connectivity index (χ4v) is 1.98. The molecule has 1 heterocycles. The normalized spacial score (nSPS) is 26.8. The summed E-state index contributed by atoms with van der Waals surface area (Å²) in [7, 11) is 1.73. The van der Waals surface area contributed by atoms with Crippen molar-refractivity contribution in [1.82, 2.24) is 10.2 Å². The van der Waals surface area contributed by atoms with Crippen molar-refractivity contribution in [2.45, 2.75) is 19.4 Å². The van der Waals surface area contributed by atoms with Gasteiger partial charge in [-0.25, -0.2) is 8.78 Å². The van der Waals surface area contributed by atoms with Crippen molar-refractivity contribution >= 4 is 0 Å². The smallest absolute Gasteiger partial charge is 0.251 e. The second kappa shape index (κ2) is 6.35. The summed E-state index contributed by atoms with van der Waals surface area (Å²) < 4.78 is 29.6. The second-order valence-electron chi connectivity index (χ2n) is 4.07. The van der Waals surface area contributed by atoms with Gasteiger partial charge in [-0.1, -0.05) is 6.92 Å². The van der Waals surface area contributed by atoms with E-state index in [0.29, 0.717) is 31.7 Å². The van der Waals surface area contributed by atoms with E-state index in [-0.39, 0.29) is 6.54 Å². The number of nitrogens with one attached hydrogen (secondary N) is 1. The third-order valence-corrected chi connectivity index (χ3v) is 2.66. The lowest BCUT2D eigenvalue weighted by atomic mass is 10.0. The van der Waals surface area contributed by atoms with Crippen molar-refractivity contribution in [1.29, 1.82) is 0 Å². The van der Waals surface area contributed by atoms with Crippen LogP contribution in [0.4, 0.5) is 8.78 Å². The summed E-state index contributed by atoms with van der Waals surface area (Å²) in [4.78, 5) is 1.67. The summed E-state index contributed by atoms with van der Waals surface area (Å²) in [5.74, 6) is 0.327. The lowest BCUT2D eigenvalue weighted by molar-refractivity contribution is 0.0894. The Morgan fingerprint density at radius 1 is 1.47 bits per heavy atom. The molecule has 90 valence electrons. The Morgan fingerprint density at radius 2 is 2.20 bits per heavy atom. The fourth-order valence-electron chi connectivity index (χ4n) is 1.98. The average molecular weight is 222 g/mol. The molecule has 1 aliphatic rings. The number of hydrogen-bond donors (Lipinski definition) is 1. The van der Waals surface area contributed by atoms with E-state index in [2.05, 4.69) is 5.32 Å². The zero-order valence-corrected chi connectivity index (χ0v) is 9.38. The number of alkyl halides is 2. The Labute approximate surface area is 89.8 Å². The molecule has 0 spiro atoms. The van der Waals surface area contributed by atoms with E-state index < -0.39 is 6.43 Å². The SMILES string of the molecule is CCNC1COCC1CN(C)CC(F)F. The lowest BCUT2D eigenvalue weighted by Gasteiger charge is -2.24. The second-order valence-corrected chi connectivity index (χ2v) is 4.07. The maximum atomic E-state index is 12.1. The number of likely N-dealkylation sites (N-methyl/N-ethyl adjacent to an activating group) is 1. The number of hydrogen-bond acceptors (Lipinski definition) is 3. The van der Waals surface area contributed by atoms with Crippen LogP contribution in [-0.4, -0.2) is 57.3 Å². The third-order valence-electron chi connectivity index (χ3n) is 2.66. The van der Waals surface area contributed by atoms with Crippen LogP contribution >= 0.6 is 0 Å². The van der Waals surface area contributed by atoms with E-state index in [0.717, 1.165) is 6.54 Å². The van der Waals surface area contributed by atoms with Crippen LogP contribution in [0.15, 0.2) is 0 Å². The summed E-state index contributed by atoms with van der Waals surface area (Å²) in [6.45, 7) is 4.81. The fraction of sp³-hybridized carbons (Fsp3) is 1.00. The largest absolute Gasteiger partial charge is 0.379 e. The molecule has 1 rings (SSSR count). The van der Waals surface area contributed by atoms with Crippen LogP contribution in [0.1, 0.15) is 6.92 Å². The first-order valence-corrected chi connectivity index (χ1v) is 5.41. The molecule has 1 fully saturated rings. The molecule has 1 aliphatic heterocycles. The van der Waals surface area contributed by atoms with Crippen LogP contribution in [0, 0.1) is 5.92 Å². The zero-order chi connectivity index (χ0) is 11.3. The number of rotatable bonds is 6. The van der Waals surface area contributed by atoms with Crippen molar-refractivity contribution in [3.05, 3.63) is 0 Å². The minimum atomic E-state index is -2.25. The lowest BCUT2D eigenvalue weighted by Crippen LogP contribution is -2.41. The van der Waals surface area contributed by atoms with Gasteiger partial charge in [-0.2, -0.15) is 0 Å². The van der Waals surface area contributed by atoms with Crippen LogP contribution in [0.2, 0.25) is 0 Å². The highest BCUT2D eigenvalue weighted by Gasteiger charge is 2.28. The first kappa shape index (κ1) is 12.8. The molecule has 1 N–H and O–H groups in total. The maximum Gasteiger partial charge on any atom is 0.251 e. The molecular weight excluding hydrogens is 202 g/mol. The summed E-state index contributed by atoms with van der Waals surface area (Å²) >= 11 is 0. The third kappa shape index (κ3) is 4.40. The first-order valence-electron chi connectivity index (χ1n) is 5.41. The van der Waals surface area contributed by atoms with Gasteiger partial charge in [0.25, 0.3) is 6.43 Å². The van der Waals surface area contributed by atoms with Gasteiger partial charge in [0, 0.05) is 18.5 Å². The summed E-state index contributed by atoms with van der Waals surface area (Å²) in [6, 6.07) is 0.315. The van der Waals surface area contributed by atoms with Crippen LogP contribution in [-0.2, 0) is 4.74 Å². The molecule has 2 unspecified atom stereocenters. The number of ether oxygens (including phenoxy) is 1.